The minimum absolute atomic E-state index is 0. The van der Waals surface area contributed by atoms with E-state index in [4.69, 9.17) is 0 Å². The molecule has 3 saturated heterocycles. The predicted octanol–water partition coefficient (Wildman–Crippen LogP) is 5.01. The van der Waals surface area contributed by atoms with Crippen LogP contribution in [0.25, 0.3) is 0 Å². The zero-order chi connectivity index (χ0) is 27.4. The van der Waals surface area contributed by atoms with Crippen LogP contribution in [-0.2, 0) is 9.59 Å². The number of hydrogen-bond donors (Lipinski definition) is 0. The second-order valence-corrected chi connectivity index (χ2v) is 14.3. The Labute approximate surface area is 246 Å². The normalized spacial score (nSPS) is 27.0. The summed E-state index contributed by atoms with van der Waals surface area (Å²) in [6.07, 6.45) is 6.64. The molecule has 220 valence electrons. The lowest BCUT2D eigenvalue weighted by Crippen LogP contribution is -2.57. The van der Waals surface area contributed by atoms with Gasteiger partial charge in [0.1, 0.15) is 5.54 Å². The average Bonchev–Trinajstić information content (AvgIpc) is 3.83. The van der Waals surface area contributed by atoms with E-state index in [9.17, 15) is 14.4 Å². The third-order valence-electron chi connectivity index (χ3n) is 9.78. The largest absolute Gasteiger partial charge is 0.342 e. The van der Waals surface area contributed by atoms with Gasteiger partial charge < -0.3 is 14.7 Å². The van der Waals surface area contributed by atoms with Crippen molar-refractivity contribution in [1.82, 2.24) is 19.6 Å². The summed E-state index contributed by atoms with van der Waals surface area (Å²) in [5.74, 6) is 2.09. The Morgan fingerprint density at radius 3 is 2.12 bits per heavy atom. The summed E-state index contributed by atoms with van der Waals surface area (Å²) in [6, 6.07) is 10.6. The molecule has 0 unspecified atom stereocenters. The van der Waals surface area contributed by atoms with Crippen LogP contribution in [-0.4, -0.2) is 88.8 Å². The summed E-state index contributed by atoms with van der Waals surface area (Å²) < 4.78 is 0. The number of urea groups is 1. The molecule has 4 amide bonds. The van der Waals surface area contributed by atoms with Gasteiger partial charge in [0, 0.05) is 58.2 Å². The van der Waals surface area contributed by atoms with Crippen LogP contribution in [0.2, 0.25) is 0 Å². The maximum atomic E-state index is 13.8. The summed E-state index contributed by atoms with van der Waals surface area (Å²) in [5, 5.41) is 0. The van der Waals surface area contributed by atoms with Crippen LogP contribution in [0.3, 0.4) is 0 Å². The van der Waals surface area contributed by atoms with Crippen molar-refractivity contribution < 1.29 is 14.4 Å². The number of imide groups is 1. The molecule has 0 bridgehead atoms. The fourth-order valence-corrected chi connectivity index (χ4v) is 7.14. The second kappa shape index (κ2) is 11.3. The lowest BCUT2D eigenvalue weighted by molar-refractivity contribution is -0.136. The Bertz CT molecular complexity index is 1090. The number of carbonyl (C=O) groups excluding carboxylic acids is 3. The van der Waals surface area contributed by atoms with Gasteiger partial charge in [0.15, 0.2) is 0 Å². The van der Waals surface area contributed by atoms with Gasteiger partial charge in [0.05, 0.1) is 0 Å². The van der Waals surface area contributed by atoms with Crippen molar-refractivity contribution in [2.75, 3.05) is 45.8 Å². The quantitative estimate of drug-likeness (QED) is 0.412. The number of amides is 4. The van der Waals surface area contributed by atoms with Crippen LogP contribution in [0.15, 0.2) is 30.3 Å². The number of nitrogens with zero attached hydrogens (tertiary/aromatic N) is 4. The highest BCUT2D eigenvalue weighted by Gasteiger charge is 2.59. The van der Waals surface area contributed by atoms with Gasteiger partial charge in [-0.2, -0.15) is 0 Å². The van der Waals surface area contributed by atoms with E-state index in [0.717, 1.165) is 65.0 Å². The first-order valence-corrected chi connectivity index (χ1v) is 15.3. The average molecular weight is 571 g/mol. The third kappa shape index (κ3) is 6.06. The summed E-state index contributed by atoms with van der Waals surface area (Å²) in [6.45, 7) is 11.9. The lowest BCUT2D eigenvalue weighted by atomic mass is 9.84. The number of rotatable bonds is 8. The number of likely N-dealkylation sites (tertiary alicyclic amines) is 2. The van der Waals surface area contributed by atoms with Crippen LogP contribution in [0, 0.1) is 23.2 Å². The Kier molecular flexibility index (Phi) is 8.28. The Hall–Kier alpha value is -2.12. The molecule has 40 heavy (non-hydrogen) atoms. The minimum atomic E-state index is -0.645. The molecule has 8 heteroatoms. The molecule has 0 aromatic heterocycles. The highest BCUT2D eigenvalue weighted by molar-refractivity contribution is 6.07. The molecule has 2 saturated carbocycles. The van der Waals surface area contributed by atoms with Gasteiger partial charge in [-0.15, -0.1) is 12.4 Å². The number of piperidine rings is 1. The number of carbonyl (C=O) groups is 3. The van der Waals surface area contributed by atoms with Gasteiger partial charge in [-0.25, -0.2) is 4.79 Å². The van der Waals surface area contributed by atoms with Crippen molar-refractivity contribution in [1.29, 1.82) is 0 Å². The van der Waals surface area contributed by atoms with Crippen molar-refractivity contribution in [3.05, 3.63) is 35.9 Å². The van der Waals surface area contributed by atoms with Crippen LogP contribution in [0.1, 0.15) is 77.2 Å². The second-order valence-electron chi connectivity index (χ2n) is 14.3. The molecule has 1 aromatic rings. The molecule has 1 spiro atoms. The van der Waals surface area contributed by atoms with Crippen LogP contribution >= 0.6 is 12.4 Å². The molecule has 2 aliphatic carbocycles. The highest BCUT2D eigenvalue weighted by atomic mass is 35.5. The van der Waals surface area contributed by atoms with E-state index in [1.165, 1.54) is 18.4 Å². The maximum Gasteiger partial charge on any atom is 0.327 e. The van der Waals surface area contributed by atoms with Crippen molar-refractivity contribution in [3.8, 4) is 0 Å². The Balaban J connectivity index is 0.00000323. The van der Waals surface area contributed by atoms with Gasteiger partial charge in [-0.1, -0.05) is 51.1 Å². The van der Waals surface area contributed by atoms with Crippen molar-refractivity contribution in [2.45, 2.75) is 77.2 Å². The molecule has 7 nitrogen and oxygen atoms in total. The lowest BCUT2D eigenvalue weighted by Gasteiger charge is -2.43. The topological polar surface area (TPSA) is 64.2 Å². The van der Waals surface area contributed by atoms with Gasteiger partial charge in [-0.3, -0.25) is 14.5 Å². The summed E-state index contributed by atoms with van der Waals surface area (Å²) in [5.41, 5.74) is 0.641. The molecule has 3 heterocycles. The van der Waals surface area contributed by atoms with Crippen molar-refractivity contribution in [2.24, 2.45) is 23.2 Å². The molecule has 2 atom stereocenters. The third-order valence-corrected chi connectivity index (χ3v) is 9.78. The van der Waals surface area contributed by atoms with E-state index in [1.807, 2.05) is 4.90 Å². The van der Waals surface area contributed by atoms with Crippen LogP contribution in [0.5, 0.6) is 0 Å². The van der Waals surface area contributed by atoms with Crippen molar-refractivity contribution in [3.63, 3.8) is 0 Å². The fourth-order valence-electron chi connectivity index (χ4n) is 7.14. The standard InChI is InChI=1S/C32H46N4O3.ClH/c1-31(2,3)17-28(37)34-21-26(27(22-34)25-7-5-4-6-8-25)20-33-15-13-32(14-16-33)29(38)35(18-23-9-10-23)30(39)36(32)19-24-11-12-24;/h4-8,23-24,26-27H,9-22H2,1-3H3;1H/t26-,27+;/m0./s1. The van der Waals surface area contributed by atoms with Gasteiger partial charge in [0.25, 0.3) is 5.91 Å². The van der Waals surface area contributed by atoms with E-state index >= 15 is 0 Å². The summed E-state index contributed by atoms with van der Waals surface area (Å²) in [4.78, 5) is 48.6. The minimum Gasteiger partial charge on any atom is -0.342 e. The van der Waals surface area contributed by atoms with E-state index in [0.29, 0.717) is 36.6 Å². The van der Waals surface area contributed by atoms with Crippen LogP contribution < -0.4 is 0 Å². The van der Waals surface area contributed by atoms with Gasteiger partial charge >= 0.3 is 6.03 Å². The summed E-state index contributed by atoms with van der Waals surface area (Å²) >= 11 is 0. The van der Waals surface area contributed by atoms with Gasteiger partial charge in [-0.05, 0) is 67.3 Å². The predicted molar refractivity (Wildman–Crippen MR) is 158 cm³/mol. The summed E-state index contributed by atoms with van der Waals surface area (Å²) in [7, 11) is 0. The molecular formula is C32H47ClN4O3. The highest BCUT2D eigenvalue weighted by Crippen LogP contribution is 2.43. The number of benzene rings is 1. The van der Waals surface area contributed by atoms with E-state index < -0.39 is 5.54 Å². The SMILES string of the molecule is CC(C)(C)CC(=O)N1C[C@H](CN2CCC3(CC2)C(=O)N(CC2CC2)C(=O)N3CC2CC2)[C@@H](c2ccccc2)C1.Cl. The molecule has 0 N–H and O–H groups in total. The first-order valence-electron chi connectivity index (χ1n) is 15.3. The monoisotopic (exact) mass is 570 g/mol. The fraction of sp³-hybridized carbons (Fsp3) is 0.719. The van der Waals surface area contributed by atoms with Crippen molar-refractivity contribution >= 4 is 30.3 Å². The van der Waals surface area contributed by atoms with E-state index in [2.05, 4.69) is 60.9 Å². The van der Waals surface area contributed by atoms with E-state index in [-0.39, 0.29) is 35.7 Å². The Morgan fingerprint density at radius 2 is 1.52 bits per heavy atom. The molecular weight excluding hydrogens is 524 g/mol. The molecule has 5 aliphatic rings. The Morgan fingerprint density at radius 1 is 0.900 bits per heavy atom. The number of halogens is 1. The molecule has 1 aromatic carbocycles. The molecule has 6 rings (SSSR count). The number of hydrogen-bond acceptors (Lipinski definition) is 4. The molecule has 0 radical (unpaired) electrons. The smallest absolute Gasteiger partial charge is 0.327 e. The first-order chi connectivity index (χ1) is 18.6. The zero-order valence-electron chi connectivity index (χ0n) is 24.5. The maximum absolute atomic E-state index is 13.8. The van der Waals surface area contributed by atoms with Crippen LogP contribution in [0.4, 0.5) is 4.79 Å². The van der Waals surface area contributed by atoms with E-state index in [1.54, 1.807) is 4.90 Å². The van der Waals surface area contributed by atoms with Gasteiger partial charge in [0.2, 0.25) is 5.91 Å². The first kappa shape index (κ1) is 29.4. The molecule has 3 aliphatic heterocycles. The zero-order valence-corrected chi connectivity index (χ0v) is 25.3. The molecule has 5 fully saturated rings.